The van der Waals surface area contributed by atoms with Gasteiger partial charge in [0.1, 0.15) is 11.2 Å². The zero-order valence-corrected chi connectivity index (χ0v) is 8.99. The van der Waals surface area contributed by atoms with E-state index in [0.717, 1.165) is 0 Å². The second-order valence-electron chi connectivity index (χ2n) is 2.55. The summed E-state index contributed by atoms with van der Waals surface area (Å²) >= 11 is 8.47. The molecule has 2 nitrogen and oxygen atoms in total. The van der Waals surface area contributed by atoms with Crippen LogP contribution in [0.5, 0.6) is 0 Å². The monoisotopic (exact) mass is 288 g/mol. The van der Waals surface area contributed by atoms with Crippen molar-refractivity contribution in [2.45, 2.75) is 12.2 Å². The Morgan fingerprint density at radius 3 is 2.57 bits per heavy atom. The van der Waals surface area contributed by atoms with Gasteiger partial charge in [-0.05, 0) is 22.0 Å². The maximum absolute atomic E-state index is 12.2. The Labute approximate surface area is 91.4 Å². The third-order valence-electron chi connectivity index (χ3n) is 1.52. The van der Waals surface area contributed by atoms with Crippen LogP contribution in [0.25, 0.3) is 0 Å². The highest BCUT2D eigenvalue weighted by Gasteiger charge is 2.39. The summed E-state index contributed by atoms with van der Waals surface area (Å²) in [6, 6.07) is -0.909. The fraction of sp³-hybridized carbons (Fsp3) is 0.286. The first kappa shape index (κ1) is 11.7. The molecule has 78 valence electrons. The molecule has 0 saturated heterocycles. The molecule has 0 fully saturated rings. The van der Waals surface area contributed by atoms with E-state index >= 15 is 0 Å². The van der Waals surface area contributed by atoms with Crippen molar-refractivity contribution in [2.75, 3.05) is 0 Å². The van der Waals surface area contributed by atoms with E-state index in [2.05, 4.69) is 20.9 Å². The summed E-state index contributed by atoms with van der Waals surface area (Å²) in [6.45, 7) is 0. The van der Waals surface area contributed by atoms with Gasteiger partial charge in [-0.25, -0.2) is 4.98 Å². The molecule has 0 aliphatic rings. The number of alkyl halides is 3. The second kappa shape index (κ2) is 4.04. The first-order valence-electron chi connectivity index (χ1n) is 3.45. The average Bonchev–Trinajstić information content (AvgIpc) is 2.06. The van der Waals surface area contributed by atoms with E-state index in [1.807, 2.05) is 0 Å². The molecule has 0 spiro atoms. The Balaban J connectivity index is 3.12. The van der Waals surface area contributed by atoms with Crippen molar-refractivity contribution in [3.8, 4) is 0 Å². The Bertz CT molecular complexity index is 342. The summed E-state index contributed by atoms with van der Waals surface area (Å²) in [5.41, 5.74) is 4.73. The highest BCUT2D eigenvalue weighted by molar-refractivity contribution is 9.10. The lowest BCUT2D eigenvalue weighted by Gasteiger charge is -2.16. The van der Waals surface area contributed by atoms with Gasteiger partial charge in [-0.2, -0.15) is 13.2 Å². The topological polar surface area (TPSA) is 38.9 Å². The van der Waals surface area contributed by atoms with Crippen LogP contribution in [0.3, 0.4) is 0 Å². The summed E-state index contributed by atoms with van der Waals surface area (Å²) in [5, 5.41) is -0.238. The van der Waals surface area contributed by atoms with Crippen molar-refractivity contribution < 1.29 is 13.2 Å². The summed E-state index contributed by atoms with van der Waals surface area (Å²) in [4.78, 5) is 3.55. The van der Waals surface area contributed by atoms with Crippen LogP contribution in [0.2, 0.25) is 5.15 Å². The normalized spacial score (nSPS) is 14.1. The van der Waals surface area contributed by atoms with Gasteiger partial charge in [0.15, 0.2) is 0 Å². The van der Waals surface area contributed by atoms with Gasteiger partial charge in [0.05, 0.1) is 0 Å². The van der Waals surface area contributed by atoms with Gasteiger partial charge in [-0.1, -0.05) is 11.6 Å². The van der Waals surface area contributed by atoms with Crippen LogP contribution in [0.15, 0.2) is 16.7 Å². The smallest absolute Gasteiger partial charge is 0.316 e. The molecule has 1 rings (SSSR count). The average molecular weight is 289 g/mol. The van der Waals surface area contributed by atoms with Crippen LogP contribution in [-0.2, 0) is 0 Å². The molecular formula is C7H5BrClF3N2. The van der Waals surface area contributed by atoms with Crippen molar-refractivity contribution in [1.82, 2.24) is 4.98 Å². The fourth-order valence-corrected chi connectivity index (χ4v) is 1.40. The fourth-order valence-electron chi connectivity index (χ4n) is 0.833. The van der Waals surface area contributed by atoms with Crippen LogP contribution < -0.4 is 5.73 Å². The van der Waals surface area contributed by atoms with Crippen LogP contribution >= 0.6 is 27.5 Å². The molecule has 14 heavy (non-hydrogen) atoms. The zero-order valence-electron chi connectivity index (χ0n) is 6.65. The summed E-state index contributed by atoms with van der Waals surface area (Å²) in [7, 11) is 0. The minimum atomic E-state index is -4.52. The summed E-state index contributed by atoms with van der Waals surface area (Å²) < 4.78 is 37.1. The van der Waals surface area contributed by atoms with Gasteiger partial charge in [0, 0.05) is 16.2 Å². The van der Waals surface area contributed by atoms with Gasteiger partial charge in [0.2, 0.25) is 0 Å². The van der Waals surface area contributed by atoms with E-state index in [1.54, 1.807) is 0 Å². The highest BCUT2D eigenvalue weighted by Crippen LogP contribution is 2.34. The van der Waals surface area contributed by atoms with Crippen molar-refractivity contribution in [3.05, 3.63) is 27.5 Å². The molecule has 0 radical (unpaired) electrons. The van der Waals surface area contributed by atoms with Crippen LogP contribution in [0.1, 0.15) is 11.6 Å². The molecule has 1 aromatic heterocycles. The van der Waals surface area contributed by atoms with Gasteiger partial charge in [0.25, 0.3) is 0 Å². The number of halogens is 5. The Morgan fingerprint density at radius 2 is 2.07 bits per heavy atom. The number of nitrogens with two attached hydrogens (primary N) is 1. The maximum atomic E-state index is 12.2. The first-order chi connectivity index (χ1) is 6.32. The molecule has 1 heterocycles. The maximum Gasteiger partial charge on any atom is 0.407 e. The summed E-state index contributed by atoms with van der Waals surface area (Å²) in [5.74, 6) is 0. The van der Waals surface area contributed by atoms with E-state index in [-0.39, 0.29) is 10.7 Å². The third-order valence-corrected chi connectivity index (χ3v) is 2.27. The molecule has 1 aromatic rings. The molecule has 0 bridgehead atoms. The molecule has 0 aliphatic heterocycles. The largest absolute Gasteiger partial charge is 0.407 e. The predicted molar refractivity (Wildman–Crippen MR) is 49.9 cm³/mol. The van der Waals surface area contributed by atoms with Crippen molar-refractivity contribution in [2.24, 2.45) is 5.73 Å². The number of rotatable bonds is 1. The van der Waals surface area contributed by atoms with Gasteiger partial charge >= 0.3 is 6.18 Å². The Kier molecular flexibility index (Phi) is 3.39. The van der Waals surface area contributed by atoms with E-state index in [4.69, 9.17) is 17.3 Å². The van der Waals surface area contributed by atoms with E-state index in [1.165, 1.54) is 12.3 Å². The molecule has 1 atom stereocenters. The third kappa shape index (κ3) is 2.59. The standard InChI is InChI=1S/C7H5BrClF3N2/c8-3-1-4(6(9)14-2-3)5(13)7(10,11)12/h1-2,5H,13H2/t5-/m1/s1. The van der Waals surface area contributed by atoms with E-state index in [9.17, 15) is 13.2 Å². The molecule has 0 aliphatic carbocycles. The SMILES string of the molecule is N[C@H](c1cc(Br)cnc1Cl)C(F)(F)F. The number of aromatic nitrogens is 1. The van der Waals surface area contributed by atoms with Gasteiger partial charge in [-0.15, -0.1) is 0 Å². The second-order valence-corrected chi connectivity index (χ2v) is 3.83. The number of hydrogen-bond donors (Lipinski definition) is 1. The Hall–Kier alpha value is -0.330. The van der Waals surface area contributed by atoms with Crippen LogP contribution in [-0.4, -0.2) is 11.2 Å². The van der Waals surface area contributed by atoms with Crippen LogP contribution in [0.4, 0.5) is 13.2 Å². The molecule has 2 N–H and O–H groups in total. The quantitative estimate of drug-likeness (QED) is 0.807. The molecule has 0 amide bonds. The van der Waals surface area contributed by atoms with E-state index < -0.39 is 12.2 Å². The van der Waals surface area contributed by atoms with Crippen molar-refractivity contribution in [1.29, 1.82) is 0 Å². The highest BCUT2D eigenvalue weighted by atomic mass is 79.9. The van der Waals surface area contributed by atoms with Crippen LogP contribution in [0, 0.1) is 0 Å². The molecule has 7 heteroatoms. The van der Waals surface area contributed by atoms with Crippen molar-refractivity contribution in [3.63, 3.8) is 0 Å². The lowest BCUT2D eigenvalue weighted by molar-refractivity contribution is -0.149. The van der Waals surface area contributed by atoms with E-state index in [0.29, 0.717) is 4.47 Å². The van der Waals surface area contributed by atoms with Crippen molar-refractivity contribution >= 4 is 27.5 Å². The van der Waals surface area contributed by atoms with Gasteiger partial charge < -0.3 is 5.73 Å². The molecular weight excluding hydrogens is 284 g/mol. The Morgan fingerprint density at radius 1 is 1.50 bits per heavy atom. The number of pyridine rings is 1. The molecule has 0 saturated carbocycles. The predicted octanol–water partition coefficient (Wildman–Crippen LogP) is 3.06. The molecule has 0 aromatic carbocycles. The summed E-state index contributed by atoms with van der Waals surface area (Å²) in [6.07, 6.45) is -3.22. The zero-order chi connectivity index (χ0) is 10.9. The lowest BCUT2D eigenvalue weighted by Crippen LogP contribution is -2.28. The number of hydrogen-bond acceptors (Lipinski definition) is 2. The minimum absolute atomic E-state index is 0.238. The van der Waals surface area contributed by atoms with Gasteiger partial charge in [-0.3, -0.25) is 0 Å². The minimum Gasteiger partial charge on any atom is -0.316 e. The number of nitrogens with zero attached hydrogens (tertiary/aromatic N) is 1. The molecule has 0 unspecified atom stereocenters. The first-order valence-corrected chi connectivity index (χ1v) is 4.62. The lowest BCUT2D eigenvalue weighted by atomic mass is 10.1.